The Bertz CT molecular complexity index is 697. The van der Waals surface area contributed by atoms with Gasteiger partial charge in [0.25, 0.3) is 0 Å². The molecule has 0 heterocycles. The van der Waals surface area contributed by atoms with Gasteiger partial charge < -0.3 is 14.9 Å². The second kappa shape index (κ2) is 7.68. The van der Waals surface area contributed by atoms with Crippen LogP contribution in [0.4, 0.5) is 0 Å². The van der Waals surface area contributed by atoms with Crippen molar-refractivity contribution < 1.29 is 25.8 Å². The summed E-state index contributed by atoms with van der Waals surface area (Å²) in [7, 11) is 0. The van der Waals surface area contributed by atoms with Gasteiger partial charge in [-0.05, 0) is 23.0 Å². The maximum atomic E-state index is 3.55. The Balaban J connectivity index is 0.00000176. The number of benzene rings is 2. The van der Waals surface area contributed by atoms with Gasteiger partial charge in [0.2, 0.25) is 0 Å². The Kier molecular flexibility index (Phi) is 7.46. The van der Waals surface area contributed by atoms with E-state index in [2.05, 4.69) is 77.9 Å². The molecule has 0 radical (unpaired) electrons. The molecular weight excluding hydrogens is 455 g/mol. The van der Waals surface area contributed by atoms with Crippen LogP contribution < -0.4 is 0 Å². The maximum absolute atomic E-state index is 3.55. The van der Waals surface area contributed by atoms with Crippen LogP contribution in [0, 0.1) is 20.9 Å². The van der Waals surface area contributed by atoms with Crippen LogP contribution in [0.15, 0.2) is 30.3 Å². The van der Waals surface area contributed by atoms with Crippen LogP contribution in [0.2, 0.25) is 0 Å². The van der Waals surface area contributed by atoms with E-state index >= 15 is 0 Å². The van der Waals surface area contributed by atoms with Gasteiger partial charge in [-0.3, -0.25) is 0 Å². The molecule has 24 heavy (non-hydrogen) atoms. The summed E-state index contributed by atoms with van der Waals surface area (Å²) in [6.07, 6.45) is 1.03. The number of hydrogen-bond donors (Lipinski definition) is 0. The molecule has 0 unspecified atom stereocenters. The van der Waals surface area contributed by atoms with E-state index in [4.69, 9.17) is 0 Å². The van der Waals surface area contributed by atoms with Crippen molar-refractivity contribution in [2.45, 2.75) is 58.8 Å². The molecule has 130 valence electrons. The Morgan fingerprint density at radius 1 is 0.875 bits per heavy atom. The van der Waals surface area contributed by atoms with Crippen LogP contribution in [-0.2, 0) is 43.1 Å². The summed E-state index contributed by atoms with van der Waals surface area (Å²) in [6, 6.07) is 14.9. The Hall–Kier alpha value is -0.690. The second-order valence-electron chi connectivity index (χ2n) is 8.29. The van der Waals surface area contributed by atoms with Gasteiger partial charge in [0, 0.05) is 25.8 Å². The van der Waals surface area contributed by atoms with Crippen LogP contribution in [0.3, 0.4) is 0 Å². The van der Waals surface area contributed by atoms with E-state index in [9.17, 15) is 0 Å². The summed E-state index contributed by atoms with van der Waals surface area (Å²) in [5.74, 6) is 0. The molecule has 0 aliphatic heterocycles. The minimum absolute atomic E-state index is 0. The first kappa shape index (κ1) is 23.3. The summed E-state index contributed by atoms with van der Waals surface area (Å²) in [6.45, 7) is 13.7. The summed E-state index contributed by atoms with van der Waals surface area (Å²) in [5, 5.41) is 0. The SMILES string of the molecule is CC(C)(C)c1c[c-]c2c(c1)-c1cccc(C(C)(C)C)c1C2.[CH3-].[CH3-].[Hf]. The molecule has 0 saturated carbocycles. The van der Waals surface area contributed by atoms with E-state index in [1.165, 1.54) is 33.4 Å². The summed E-state index contributed by atoms with van der Waals surface area (Å²) >= 11 is 0. The molecule has 1 aliphatic rings. The van der Waals surface area contributed by atoms with Crippen molar-refractivity contribution in [2.24, 2.45) is 0 Å². The first-order chi connectivity index (χ1) is 9.68. The van der Waals surface area contributed by atoms with Crippen LogP contribution >= 0.6 is 0 Å². The van der Waals surface area contributed by atoms with Gasteiger partial charge in [-0.2, -0.15) is 29.3 Å². The zero-order valence-corrected chi connectivity index (χ0v) is 20.2. The summed E-state index contributed by atoms with van der Waals surface area (Å²) in [5.41, 5.74) is 8.88. The molecule has 1 heteroatoms. The zero-order chi connectivity index (χ0) is 15.4. The third-order valence-corrected chi connectivity index (χ3v) is 4.52. The molecule has 0 nitrogen and oxygen atoms in total. The van der Waals surface area contributed by atoms with E-state index in [1.807, 2.05) is 0 Å². The Labute approximate surface area is 168 Å². The third kappa shape index (κ3) is 4.10. The van der Waals surface area contributed by atoms with E-state index in [0.29, 0.717) is 0 Å². The summed E-state index contributed by atoms with van der Waals surface area (Å²) in [4.78, 5) is 0. The molecule has 0 amide bonds. The van der Waals surface area contributed by atoms with Crippen molar-refractivity contribution in [3.05, 3.63) is 73.5 Å². The standard InChI is InChI=1S/C21H25.2CH3.Hf/c1-20(2,3)15-11-10-14-12-18-16(17(14)13-15)8-7-9-19(18)21(4,5)6;;;/h7-9,11,13H,12H2,1-6H3;2*1H3;/q3*-1;. The quantitative estimate of drug-likeness (QED) is 0.250. The van der Waals surface area contributed by atoms with Crippen molar-refractivity contribution >= 4 is 0 Å². The number of hydrogen-bond acceptors (Lipinski definition) is 0. The van der Waals surface area contributed by atoms with E-state index in [0.717, 1.165) is 6.42 Å². The largest absolute Gasteiger partial charge is 0.358 e. The predicted octanol–water partition coefficient (Wildman–Crippen LogP) is 6.55. The van der Waals surface area contributed by atoms with E-state index < -0.39 is 0 Å². The van der Waals surface area contributed by atoms with Crippen molar-refractivity contribution in [1.82, 2.24) is 0 Å². The van der Waals surface area contributed by atoms with Crippen LogP contribution in [-0.4, -0.2) is 0 Å². The minimum Gasteiger partial charge on any atom is -0.358 e. The van der Waals surface area contributed by atoms with E-state index in [1.54, 1.807) is 0 Å². The van der Waals surface area contributed by atoms with Crippen molar-refractivity contribution in [3.8, 4) is 11.1 Å². The Morgan fingerprint density at radius 2 is 1.50 bits per heavy atom. The molecule has 0 aromatic heterocycles. The third-order valence-electron chi connectivity index (χ3n) is 4.52. The maximum Gasteiger partial charge on any atom is 0 e. The molecule has 0 N–H and O–H groups in total. The van der Waals surface area contributed by atoms with Gasteiger partial charge in [-0.1, -0.05) is 70.7 Å². The van der Waals surface area contributed by atoms with Gasteiger partial charge in [0.15, 0.2) is 0 Å². The number of rotatable bonds is 0. The van der Waals surface area contributed by atoms with Crippen LogP contribution in [0.5, 0.6) is 0 Å². The smallest absolute Gasteiger partial charge is 0 e. The van der Waals surface area contributed by atoms with Crippen molar-refractivity contribution in [2.75, 3.05) is 0 Å². The number of fused-ring (bicyclic) bond motifs is 3. The molecule has 2 aromatic rings. The van der Waals surface area contributed by atoms with Crippen LogP contribution in [0.1, 0.15) is 63.8 Å². The molecule has 3 rings (SSSR count). The normalized spacial score (nSPS) is 12.2. The van der Waals surface area contributed by atoms with Gasteiger partial charge in [-0.15, -0.1) is 5.56 Å². The van der Waals surface area contributed by atoms with Crippen molar-refractivity contribution in [3.63, 3.8) is 0 Å². The summed E-state index contributed by atoms with van der Waals surface area (Å²) < 4.78 is 0. The molecular formula is C23H31Hf-3. The minimum atomic E-state index is 0. The Morgan fingerprint density at radius 3 is 2.04 bits per heavy atom. The van der Waals surface area contributed by atoms with Crippen LogP contribution in [0.25, 0.3) is 11.1 Å². The monoisotopic (exact) mass is 487 g/mol. The average Bonchev–Trinajstić information content (AvgIpc) is 2.73. The molecule has 2 aromatic carbocycles. The van der Waals surface area contributed by atoms with Gasteiger partial charge >= 0.3 is 0 Å². The molecule has 0 fully saturated rings. The molecule has 1 aliphatic carbocycles. The molecule has 0 atom stereocenters. The fourth-order valence-electron chi connectivity index (χ4n) is 3.26. The first-order valence-corrected chi connectivity index (χ1v) is 7.86. The van der Waals surface area contributed by atoms with E-state index in [-0.39, 0.29) is 51.5 Å². The fraction of sp³-hybridized carbons (Fsp3) is 0.391. The second-order valence-corrected chi connectivity index (χ2v) is 8.29. The zero-order valence-electron chi connectivity index (χ0n) is 16.6. The first-order valence-electron chi connectivity index (χ1n) is 7.86. The predicted molar refractivity (Wildman–Crippen MR) is 104 cm³/mol. The molecule has 0 saturated heterocycles. The topological polar surface area (TPSA) is 0 Å². The van der Waals surface area contributed by atoms with Gasteiger partial charge in [0.05, 0.1) is 0 Å². The van der Waals surface area contributed by atoms with Crippen molar-refractivity contribution in [1.29, 1.82) is 0 Å². The van der Waals surface area contributed by atoms with Gasteiger partial charge in [-0.25, -0.2) is 0 Å². The van der Waals surface area contributed by atoms with Gasteiger partial charge in [0.1, 0.15) is 0 Å². The molecule has 0 bridgehead atoms. The molecule has 0 spiro atoms. The average molecular weight is 486 g/mol. The fourth-order valence-corrected chi connectivity index (χ4v) is 3.26.